The second-order valence-electron chi connectivity index (χ2n) is 5.52. The first-order valence-corrected chi connectivity index (χ1v) is 10.6. The van der Waals surface area contributed by atoms with Crippen LogP contribution in [-0.4, -0.2) is 32.9 Å². The Morgan fingerprint density at radius 1 is 1.15 bits per heavy atom. The number of amides is 1. The molecule has 1 atom stereocenters. The molecule has 0 heterocycles. The summed E-state index contributed by atoms with van der Waals surface area (Å²) in [6, 6.07) is 8.56. The highest BCUT2D eigenvalue weighted by Gasteiger charge is 2.30. The van der Waals surface area contributed by atoms with Crippen molar-refractivity contribution < 1.29 is 22.0 Å². The molecule has 0 saturated heterocycles. The molecule has 0 unspecified atom stereocenters. The van der Waals surface area contributed by atoms with Gasteiger partial charge in [0.1, 0.15) is 6.04 Å². The maximum absolute atomic E-state index is 13.5. The highest BCUT2D eigenvalue weighted by molar-refractivity contribution is 7.98. The van der Waals surface area contributed by atoms with Gasteiger partial charge in [0.15, 0.2) is 11.6 Å². The fraction of sp³-hybridized carbons (Fsp3) is 0.235. The van der Waals surface area contributed by atoms with E-state index in [1.165, 1.54) is 18.7 Å². The van der Waals surface area contributed by atoms with Crippen LogP contribution in [0.4, 0.5) is 20.2 Å². The van der Waals surface area contributed by atoms with E-state index in [9.17, 15) is 22.0 Å². The third-order valence-electron chi connectivity index (χ3n) is 3.61. The number of benzene rings is 2. The third kappa shape index (κ3) is 4.53. The minimum Gasteiger partial charge on any atom is -0.323 e. The van der Waals surface area contributed by atoms with Crippen molar-refractivity contribution in [1.29, 1.82) is 0 Å². The van der Waals surface area contributed by atoms with E-state index in [1.54, 1.807) is 12.1 Å². The minimum absolute atomic E-state index is 0.132. The molecule has 2 rings (SSSR count). The Labute approximate surface area is 155 Å². The number of carbonyl (C=O) groups is 1. The van der Waals surface area contributed by atoms with Crippen LogP contribution in [0, 0.1) is 11.6 Å². The number of thioether (sulfide) groups is 1. The zero-order chi connectivity index (χ0) is 19.5. The average Bonchev–Trinajstić information content (AvgIpc) is 2.57. The Morgan fingerprint density at radius 3 is 2.38 bits per heavy atom. The summed E-state index contributed by atoms with van der Waals surface area (Å²) >= 11 is 1.43. The Hall–Kier alpha value is -2.13. The van der Waals surface area contributed by atoms with Gasteiger partial charge in [0.05, 0.1) is 17.6 Å². The van der Waals surface area contributed by atoms with Gasteiger partial charge in [-0.2, -0.15) is 0 Å². The zero-order valence-electron chi connectivity index (χ0n) is 14.4. The number of anilines is 2. The quantitative estimate of drug-likeness (QED) is 0.754. The molecule has 1 amide bonds. The van der Waals surface area contributed by atoms with E-state index in [4.69, 9.17) is 0 Å². The smallest absolute Gasteiger partial charge is 0.248 e. The maximum atomic E-state index is 13.5. The summed E-state index contributed by atoms with van der Waals surface area (Å²) in [5.41, 5.74) is 0.405. The molecule has 0 aliphatic heterocycles. The summed E-state index contributed by atoms with van der Waals surface area (Å²) in [6.45, 7) is 1.37. The lowest BCUT2D eigenvalue weighted by atomic mass is 10.2. The van der Waals surface area contributed by atoms with Crippen molar-refractivity contribution in [2.75, 3.05) is 22.1 Å². The fourth-order valence-corrected chi connectivity index (χ4v) is 4.14. The van der Waals surface area contributed by atoms with Crippen molar-refractivity contribution in [2.45, 2.75) is 17.9 Å². The molecule has 5 nitrogen and oxygen atoms in total. The Bertz CT molecular complexity index is 920. The summed E-state index contributed by atoms with van der Waals surface area (Å²) in [5, 5.41) is 2.68. The van der Waals surface area contributed by atoms with E-state index in [0.29, 0.717) is 5.69 Å². The Kier molecular flexibility index (Phi) is 6.25. The van der Waals surface area contributed by atoms with E-state index in [0.717, 1.165) is 33.7 Å². The van der Waals surface area contributed by atoms with Crippen LogP contribution in [0.25, 0.3) is 0 Å². The van der Waals surface area contributed by atoms with E-state index in [2.05, 4.69) is 5.32 Å². The van der Waals surface area contributed by atoms with Gasteiger partial charge in [-0.3, -0.25) is 9.10 Å². The summed E-state index contributed by atoms with van der Waals surface area (Å²) in [5.74, 6) is -2.90. The molecule has 0 fully saturated rings. The first-order valence-electron chi connectivity index (χ1n) is 7.53. The van der Waals surface area contributed by atoms with Crippen LogP contribution in [0.5, 0.6) is 0 Å². The number of para-hydroxylation sites is 1. The summed E-state index contributed by atoms with van der Waals surface area (Å²) in [4.78, 5) is 13.4. The van der Waals surface area contributed by atoms with Crippen molar-refractivity contribution >= 4 is 39.1 Å². The predicted octanol–water partition coefficient (Wildman–Crippen LogP) is 3.48. The van der Waals surface area contributed by atoms with Gasteiger partial charge in [0.25, 0.3) is 0 Å². The molecule has 0 saturated carbocycles. The molecule has 9 heteroatoms. The molecule has 0 spiro atoms. The van der Waals surface area contributed by atoms with Crippen LogP contribution in [0.2, 0.25) is 0 Å². The number of halogens is 2. The number of sulfonamides is 1. The summed E-state index contributed by atoms with van der Waals surface area (Å²) in [7, 11) is -3.92. The van der Waals surface area contributed by atoms with Crippen LogP contribution in [0.1, 0.15) is 6.92 Å². The van der Waals surface area contributed by atoms with Crippen LogP contribution in [0.15, 0.2) is 47.4 Å². The number of hydrogen-bond donors (Lipinski definition) is 1. The first kappa shape index (κ1) is 20.2. The number of carbonyl (C=O) groups excluding carboxylic acids is 1. The SMILES string of the molecule is CSc1ccccc1NC(=O)[C@@H](C)N(c1ccc(F)c(F)c1)S(C)(=O)=O. The van der Waals surface area contributed by atoms with Gasteiger partial charge in [0, 0.05) is 11.0 Å². The lowest BCUT2D eigenvalue weighted by Gasteiger charge is -2.28. The van der Waals surface area contributed by atoms with Gasteiger partial charge in [0.2, 0.25) is 15.9 Å². The van der Waals surface area contributed by atoms with Crippen LogP contribution in [-0.2, 0) is 14.8 Å². The molecule has 0 aliphatic carbocycles. The maximum Gasteiger partial charge on any atom is 0.248 e. The lowest BCUT2D eigenvalue weighted by Crippen LogP contribution is -2.45. The van der Waals surface area contributed by atoms with Gasteiger partial charge in [-0.15, -0.1) is 11.8 Å². The molecule has 26 heavy (non-hydrogen) atoms. The number of nitrogens with one attached hydrogen (secondary N) is 1. The lowest BCUT2D eigenvalue weighted by molar-refractivity contribution is -0.116. The second-order valence-corrected chi connectivity index (χ2v) is 8.23. The van der Waals surface area contributed by atoms with Gasteiger partial charge < -0.3 is 5.32 Å². The van der Waals surface area contributed by atoms with Crippen LogP contribution >= 0.6 is 11.8 Å². The zero-order valence-corrected chi connectivity index (χ0v) is 16.0. The van der Waals surface area contributed by atoms with E-state index in [-0.39, 0.29) is 5.69 Å². The van der Waals surface area contributed by atoms with Gasteiger partial charge in [-0.25, -0.2) is 17.2 Å². The highest BCUT2D eigenvalue weighted by Crippen LogP contribution is 2.27. The number of rotatable bonds is 6. The van der Waals surface area contributed by atoms with Crippen LogP contribution in [0.3, 0.4) is 0 Å². The third-order valence-corrected chi connectivity index (χ3v) is 5.65. The molecule has 0 radical (unpaired) electrons. The molecule has 2 aromatic carbocycles. The summed E-state index contributed by atoms with van der Waals surface area (Å²) < 4.78 is 51.8. The Balaban J connectivity index is 2.36. The van der Waals surface area contributed by atoms with Crippen molar-refractivity contribution in [2.24, 2.45) is 0 Å². The molecule has 2 aromatic rings. The molecular formula is C17H18F2N2O3S2. The standard InChI is InChI=1S/C17H18F2N2O3S2/c1-11(17(22)20-15-6-4-5-7-16(15)25-2)21(26(3,23)24)12-8-9-13(18)14(19)10-12/h4-11H,1-3H3,(H,20,22)/t11-/m1/s1. The number of nitrogens with zero attached hydrogens (tertiary/aromatic N) is 1. The number of hydrogen-bond acceptors (Lipinski definition) is 4. The second kappa shape index (κ2) is 8.05. The molecule has 0 bridgehead atoms. The van der Waals surface area contributed by atoms with Crippen molar-refractivity contribution in [3.05, 3.63) is 54.1 Å². The van der Waals surface area contributed by atoms with E-state index < -0.39 is 33.6 Å². The first-order chi connectivity index (χ1) is 12.1. The monoisotopic (exact) mass is 400 g/mol. The Morgan fingerprint density at radius 2 is 1.81 bits per heavy atom. The van der Waals surface area contributed by atoms with Crippen LogP contribution < -0.4 is 9.62 Å². The molecule has 1 N–H and O–H groups in total. The topological polar surface area (TPSA) is 66.5 Å². The molecule has 140 valence electrons. The molecule has 0 aromatic heterocycles. The van der Waals surface area contributed by atoms with Gasteiger partial charge in [-0.1, -0.05) is 12.1 Å². The molecular weight excluding hydrogens is 382 g/mol. The van der Waals surface area contributed by atoms with Crippen molar-refractivity contribution in [3.8, 4) is 0 Å². The average molecular weight is 400 g/mol. The fourth-order valence-electron chi connectivity index (χ4n) is 2.42. The van der Waals surface area contributed by atoms with Gasteiger partial charge >= 0.3 is 0 Å². The van der Waals surface area contributed by atoms with E-state index >= 15 is 0 Å². The predicted molar refractivity (Wildman–Crippen MR) is 100.0 cm³/mol. The normalized spacial score (nSPS) is 12.5. The highest BCUT2D eigenvalue weighted by atomic mass is 32.2. The van der Waals surface area contributed by atoms with Crippen molar-refractivity contribution in [1.82, 2.24) is 0 Å². The largest absolute Gasteiger partial charge is 0.323 e. The minimum atomic E-state index is -3.92. The van der Waals surface area contributed by atoms with Crippen molar-refractivity contribution in [3.63, 3.8) is 0 Å². The molecule has 0 aliphatic rings. The summed E-state index contributed by atoms with van der Waals surface area (Å²) in [6.07, 6.45) is 2.74. The van der Waals surface area contributed by atoms with Gasteiger partial charge in [-0.05, 0) is 37.4 Å². The van der Waals surface area contributed by atoms with E-state index in [1.807, 2.05) is 18.4 Å².